The Balaban J connectivity index is 2.01. The van der Waals surface area contributed by atoms with Crippen LogP contribution in [0.5, 0.6) is 5.75 Å². The molecule has 1 saturated heterocycles. The fourth-order valence-corrected chi connectivity index (χ4v) is 2.58. The first-order valence-electron chi connectivity index (χ1n) is 7.00. The molecule has 0 spiro atoms. The molecule has 0 saturated carbocycles. The number of nitrogens with two attached hydrogens (primary N) is 1. The number of benzene rings is 1. The molecule has 0 unspecified atom stereocenters. The lowest BCUT2D eigenvalue weighted by Crippen LogP contribution is -2.33. The highest BCUT2D eigenvalue weighted by Gasteiger charge is 2.17. The first-order valence-corrected chi connectivity index (χ1v) is 7.00. The number of carbonyl (C=O) groups excluding carboxylic acids is 1. The van der Waals surface area contributed by atoms with Crippen molar-refractivity contribution in [2.75, 3.05) is 39.0 Å². The molecule has 1 aliphatic heterocycles. The molecule has 1 aromatic rings. The van der Waals surface area contributed by atoms with Crippen molar-refractivity contribution < 1.29 is 9.53 Å². The Morgan fingerprint density at radius 1 is 1.30 bits per heavy atom. The number of anilines is 1. The normalized spacial score (nSPS) is 16.8. The fraction of sp³-hybridized carbons (Fsp3) is 0.533. The van der Waals surface area contributed by atoms with E-state index in [9.17, 15) is 4.79 Å². The Bertz CT molecular complexity index is 476. The third-order valence-electron chi connectivity index (χ3n) is 3.74. The average molecular weight is 277 g/mol. The molecule has 1 amide bonds. The lowest BCUT2D eigenvalue weighted by Gasteiger charge is -2.22. The molecule has 1 aliphatic rings. The second-order valence-electron chi connectivity index (χ2n) is 5.21. The van der Waals surface area contributed by atoms with Gasteiger partial charge in [-0.1, -0.05) is 6.07 Å². The van der Waals surface area contributed by atoms with Gasteiger partial charge in [0.1, 0.15) is 5.75 Å². The van der Waals surface area contributed by atoms with E-state index in [2.05, 4.69) is 4.90 Å². The van der Waals surface area contributed by atoms with E-state index in [-0.39, 0.29) is 5.91 Å². The first-order chi connectivity index (χ1) is 9.60. The average Bonchev–Trinajstić information content (AvgIpc) is 2.66. The van der Waals surface area contributed by atoms with Gasteiger partial charge in [0.25, 0.3) is 0 Å². The molecule has 2 rings (SSSR count). The Morgan fingerprint density at radius 2 is 2.10 bits per heavy atom. The Morgan fingerprint density at radius 3 is 2.80 bits per heavy atom. The molecule has 5 nitrogen and oxygen atoms in total. The number of hydrogen-bond donors (Lipinski definition) is 1. The standard InChI is InChI=1S/C15H23N3O2/c1-12(19)18-7-3-6-17(8-9-18)11-13-4-5-14(16)10-15(13)20-2/h4-5,10H,3,6-9,11,16H2,1-2H3. The van der Waals surface area contributed by atoms with Crippen LogP contribution in [0.25, 0.3) is 0 Å². The summed E-state index contributed by atoms with van der Waals surface area (Å²) in [6, 6.07) is 5.77. The summed E-state index contributed by atoms with van der Waals surface area (Å²) in [6.45, 7) is 6.01. The minimum absolute atomic E-state index is 0.164. The minimum atomic E-state index is 0.164. The van der Waals surface area contributed by atoms with Crippen LogP contribution < -0.4 is 10.5 Å². The van der Waals surface area contributed by atoms with Crippen LogP contribution in [0.1, 0.15) is 18.9 Å². The molecule has 2 N–H and O–H groups in total. The highest BCUT2D eigenvalue weighted by atomic mass is 16.5. The van der Waals surface area contributed by atoms with Crippen molar-refractivity contribution in [2.24, 2.45) is 0 Å². The van der Waals surface area contributed by atoms with Crippen molar-refractivity contribution in [2.45, 2.75) is 19.9 Å². The van der Waals surface area contributed by atoms with Crippen molar-refractivity contribution in [3.63, 3.8) is 0 Å². The summed E-state index contributed by atoms with van der Waals surface area (Å²) in [5.41, 5.74) is 7.62. The molecule has 1 heterocycles. The van der Waals surface area contributed by atoms with Gasteiger partial charge in [-0.3, -0.25) is 9.69 Å². The number of hydrogen-bond acceptors (Lipinski definition) is 4. The molecular formula is C15H23N3O2. The van der Waals surface area contributed by atoms with Gasteiger partial charge >= 0.3 is 0 Å². The van der Waals surface area contributed by atoms with Crippen molar-refractivity contribution >= 4 is 11.6 Å². The van der Waals surface area contributed by atoms with Crippen LogP contribution in [0.15, 0.2) is 18.2 Å². The number of amides is 1. The van der Waals surface area contributed by atoms with Gasteiger partial charge in [0, 0.05) is 57.0 Å². The molecule has 0 aromatic heterocycles. The number of ether oxygens (including phenoxy) is 1. The quantitative estimate of drug-likeness (QED) is 0.847. The zero-order valence-corrected chi connectivity index (χ0v) is 12.3. The summed E-state index contributed by atoms with van der Waals surface area (Å²) in [5, 5.41) is 0. The smallest absolute Gasteiger partial charge is 0.219 e. The molecule has 0 radical (unpaired) electrons. The van der Waals surface area contributed by atoms with Gasteiger partial charge in [-0.2, -0.15) is 0 Å². The SMILES string of the molecule is COc1cc(N)ccc1CN1CCCN(C(C)=O)CC1. The molecule has 110 valence electrons. The molecule has 20 heavy (non-hydrogen) atoms. The number of nitrogens with zero attached hydrogens (tertiary/aromatic N) is 2. The van der Waals surface area contributed by atoms with Crippen molar-refractivity contribution in [3.05, 3.63) is 23.8 Å². The molecular weight excluding hydrogens is 254 g/mol. The van der Waals surface area contributed by atoms with E-state index in [0.717, 1.165) is 50.5 Å². The van der Waals surface area contributed by atoms with Gasteiger partial charge < -0.3 is 15.4 Å². The van der Waals surface area contributed by atoms with Gasteiger partial charge in [-0.25, -0.2) is 0 Å². The topological polar surface area (TPSA) is 58.8 Å². The van der Waals surface area contributed by atoms with E-state index in [0.29, 0.717) is 5.69 Å². The second-order valence-corrected chi connectivity index (χ2v) is 5.21. The van der Waals surface area contributed by atoms with E-state index in [4.69, 9.17) is 10.5 Å². The molecule has 1 aromatic carbocycles. The maximum atomic E-state index is 11.4. The predicted molar refractivity (Wildman–Crippen MR) is 79.6 cm³/mol. The van der Waals surface area contributed by atoms with E-state index < -0.39 is 0 Å². The fourth-order valence-electron chi connectivity index (χ4n) is 2.58. The molecule has 0 aliphatic carbocycles. The highest BCUT2D eigenvalue weighted by Crippen LogP contribution is 2.23. The summed E-state index contributed by atoms with van der Waals surface area (Å²) >= 11 is 0. The number of nitrogen functional groups attached to an aromatic ring is 1. The van der Waals surface area contributed by atoms with Crippen LogP contribution in [0.3, 0.4) is 0 Å². The van der Waals surface area contributed by atoms with E-state index in [1.54, 1.807) is 14.0 Å². The lowest BCUT2D eigenvalue weighted by atomic mass is 10.1. The van der Waals surface area contributed by atoms with E-state index in [1.165, 1.54) is 0 Å². The summed E-state index contributed by atoms with van der Waals surface area (Å²) in [5.74, 6) is 0.995. The molecule has 5 heteroatoms. The van der Waals surface area contributed by atoms with Crippen molar-refractivity contribution in [3.8, 4) is 5.75 Å². The van der Waals surface area contributed by atoms with Gasteiger partial charge in [-0.05, 0) is 12.5 Å². The number of rotatable bonds is 3. The third kappa shape index (κ3) is 3.63. The van der Waals surface area contributed by atoms with Crippen molar-refractivity contribution in [1.82, 2.24) is 9.80 Å². The van der Waals surface area contributed by atoms with Crippen LogP contribution in [-0.2, 0) is 11.3 Å². The summed E-state index contributed by atoms with van der Waals surface area (Å²) < 4.78 is 5.39. The van der Waals surface area contributed by atoms with Gasteiger partial charge in [0.05, 0.1) is 7.11 Å². The Kier molecular flexibility index (Phi) is 4.84. The highest BCUT2D eigenvalue weighted by molar-refractivity contribution is 5.73. The van der Waals surface area contributed by atoms with Gasteiger partial charge in [-0.15, -0.1) is 0 Å². The molecule has 0 bridgehead atoms. The van der Waals surface area contributed by atoms with E-state index >= 15 is 0 Å². The predicted octanol–water partition coefficient (Wildman–Crippen LogP) is 1.33. The summed E-state index contributed by atoms with van der Waals surface area (Å²) in [4.78, 5) is 15.7. The van der Waals surface area contributed by atoms with Crippen LogP contribution in [-0.4, -0.2) is 49.0 Å². The van der Waals surface area contributed by atoms with Gasteiger partial charge in [0.15, 0.2) is 0 Å². The van der Waals surface area contributed by atoms with Crippen LogP contribution >= 0.6 is 0 Å². The largest absolute Gasteiger partial charge is 0.496 e. The zero-order valence-electron chi connectivity index (χ0n) is 12.3. The monoisotopic (exact) mass is 277 g/mol. The zero-order chi connectivity index (χ0) is 14.5. The first kappa shape index (κ1) is 14.7. The minimum Gasteiger partial charge on any atom is -0.496 e. The van der Waals surface area contributed by atoms with Crippen LogP contribution in [0.2, 0.25) is 0 Å². The van der Waals surface area contributed by atoms with Crippen LogP contribution in [0.4, 0.5) is 5.69 Å². The van der Waals surface area contributed by atoms with Crippen LogP contribution in [0, 0.1) is 0 Å². The third-order valence-corrected chi connectivity index (χ3v) is 3.74. The number of carbonyl (C=O) groups is 1. The van der Waals surface area contributed by atoms with E-state index in [1.807, 2.05) is 23.1 Å². The van der Waals surface area contributed by atoms with Crippen molar-refractivity contribution in [1.29, 1.82) is 0 Å². The Labute approximate surface area is 120 Å². The Hall–Kier alpha value is -1.75. The molecule has 1 fully saturated rings. The maximum Gasteiger partial charge on any atom is 0.219 e. The lowest BCUT2D eigenvalue weighted by molar-refractivity contribution is -0.128. The second kappa shape index (κ2) is 6.61. The number of methoxy groups -OCH3 is 1. The summed E-state index contributed by atoms with van der Waals surface area (Å²) in [6.07, 6.45) is 1.01. The molecule has 0 atom stereocenters. The maximum absolute atomic E-state index is 11.4. The van der Waals surface area contributed by atoms with Gasteiger partial charge in [0.2, 0.25) is 5.91 Å². The summed E-state index contributed by atoms with van der Waals surface area (Å²) in [7, 11) is 1.66.